The molecule has 0 atom stereocenters. The third kappa shape index (κ3) is 5.76. The highest BCUT2D eigenvalue weighted by molar-refractivity contribution is 6.30. The molecule has 2 aromatic carbocycles. The van der Waals surface area contributed by atoms with Crippen LogP contribution >= 0.6 is 11.6 Å². The topological polar surface area (TPSA) is 67.9 Å². The molecule has 0 unspecified atom stereocenters. The summed E-state index contributed by atoms with van der Waals surface area (Å²) in [5, 5.41) is 3.29. The van der Waals surface area contributed by atoms with Crippen molar-refractivity contribution in [1.29, 1.82) is 0 Å². The van der Waals surface area contributed by atoms with Crippen LogP contribution in [0, 0.1) is 0 Å². The summed E-state index contributed by atoms with van der Waals surface area (Å²) in [5.41, 5.74) is 1.31. The van der Waals surface area contributed by atoms with Crippen molar-refractivity contribution >= 4 is 35.2 Å². The maximum atomic E-state index is 12.3. The molecule has 0 bridgehead atoms. The molecule has 0 fully saturated rings. The first-order valence-corrected chi connectivity index (χ1v) is 8.52. The number of carbonyl (C=O) groups is 2. The number of rotatable bonds is 7. The number of para-hydroxylation sites is 1. The number of benzene rings is 2. The second-order valence-corrected chi connectivity index (χ2v) is 6.10. The average Bonchev–Trinajstić information content (AvgIpc) is 2.67. The Labute approximate surface area is 163 Å². The fraction of sp³-hybridized carbons (Fsp3) is 0.200. The van der Waals surface area contributed by atoms with Crippen LogP contribution < -0.4 is 14.8 Å². The molecule has 2 amide bonds. The maximum Gasteiger partial charge on any atom is 0.246 e. The minimum atomic E-state index is -0.314. The molecule has 0 saturated heterocycles. The van der Waals surface area contributed by atoms with Gasteiger partial charge in [-0.05, 0) is 36.4 Å². The van der Waals surface area contributed by atoms with Crippen molar-refractivity contribution in [2.75, 3.05) is 33.1 Å². The molecule has 0 heterocycles. The first-order valence-electron chi connectivity index (χ1n) is 8.14. The Bertz CT molecular complexity index is 834. The lowest BCUT2D eigenvalue weighted by Gasteiger charge is -2.15. The van der Waals surface area contributed by atoms with Gasteiger partial charge in [0.05, 0.1) is 20.8 Å². The average molecular weight is 389 g/mol. The van der Waals surface area contributed by atoms with E-state index in [1.165, 1.54) is 18.1 Å². The highest BCUT2D eigenvalue weighted by Gasteiger charge is 2.12. The second kappa shape index (κ2) is 9.64. The van der Waals surface area contributed by atoms with E-state index in [1.807, 2.05) is 0 Å². The van der Waals surface area contributed by atoms with Crippen LogP contribution in [0.4, 0.5) is 5.69 Å². The number of likely N-dealkylation sites (N-methyl/N-ethyl adjacent to an activating group) is 1. The first kappa shape index (κ1) is 20.3. The van der Waals surface area contributed by atoms with Crippen LogP contribution in [0.2, 0.25) is 5.02 Å². The van der Waals surface area contributed by atoms with Gasteiger partial charge in [0.25, 0.3) is 0 Å². The van der Waals surface area contributed by atoms with Crippen molar-refractivity contribution in [2.24, 2.45) is 0 Å². The van der Waals surface area contributed by atoms with E-state index in [1.54, 1.807) is 62.7 Å². The molecule has 0 aliphatic carbocycles. The molecular weight excluding hydrogens is 368 g/mol. The fourth-order valence-corrected chi connectivity index (χ4v) is 2.48. The Hall–Kier alpha value is -2.99. The second-order valence-electron chi connectivity index (χ2n) is 5.67. The summed E-state index contributed by atoms with van der Waals surface area (Å²) in [5.74, 6) is 0.488. The van der Waals surface area contributed by atoms with Gasteiger partial charge in [-0.15, -0.1) is 0 Å². The summed E-state index contributed by atoms with van der Waals surface area (Å²) in [4.78, 5) is 25.7. The van der Waals surface area contributed by atoms with Gasteiger partial charge in [0, 0.05) is 29.4 Å². The van der Waals surface area contributed by atoms with E-state index < -0.39 is 0 Å². The molecule has 142 valence electrons. The zero-order chi connectivity index (χ0) is 19.8. The Morgan fingerprint density at radius 3 is 2.44 bits per heavy atom. The quantitative estimate of drug-likeness (QED) is 0.737. The van der Waals surface area contributed by atoms with Crippen molar-refractivity contribution in [2.45, 2.75) is 0 Å². The lowest BCUT2D eigenvalue weighted by atomic mass is 10.1. The van der Waals surface area contributed by atoms with Crippen molar-refractivity contribution in [1.82, 2.24) is 4.90 Å². The minimum Gasteiger partial charge on any atom is -0.493 e. The van der Waals surface area contributed by atoms with E-state index >= 15 is 0 Å². The third-order valence-corrected chi connectivity index (χ3v) is 3.98. The van der Waals surface area contributed by atoms with Gasteiger partial charge in [0.1, 0.15) is 0 Å². The number of nitrogens with zero attached hydrogens (tertiary/aromatic N) is 1. The van der Waals surface area contributed by atoms with E-state index in [0.717, 1.165) is 0 Å². The first-order chi connectivity index (χ1) is 12.9. The summed E-state index contributed by atoms with van der Waals surface area (Å²) in [6.07, 6.45) is 3.00. The van der Waals surface area contributed by atoms with Crippen molar-refractivity contribution in [3.05, 3.63) is 59.1 Å². The highest BCUT2D eigenvalue weighted by atomic mass is 35.5. The Morgan fingerprint density at radius 2 is 1.81 bits per heavy atom. The number of nitrogens with one attached hydrogen (secondary N) is 1. The molecule has 0 radical (unpaired) electrons. The zero-order valence-corrected chi connectivity index (χ0v) is 16.1. The van der Waals surface area contributed by atoms with E-state index in [0.29, 0.717) is 27.8 Å². The summed E-state index contributed by atoms with van der Waals surface area (Å²) >= 11 is 5.81. The maximum absolute atomic E-state index is 12.3. The largest absolute Gasteiger partial charge is 0.493 e. The summed E-state index contributed by atoms with van der Waals surface area (Å²) < 4.78 is 10.6. The normalized spacial score (nSPS) is 10.5. The lowest BCUT2D eigenvalue weighted by Crippen LogP contribution is -2.33. The van der Waals surface area contributed by atoms with E-state index in [-0.39, 0.29) is 18.4 Å². The summed E-state index contributed by atoms with van der Waals surface area (Å²) in [6.45, 7) is -0.0823. The number of ether oxygens (including phenoxy) is 2. The van der Waals surface area contributed by atoms with Crippen LogP contribution in [-0.2, 0) is 9.59 Å². The minimum absolute atomic E-state index is 0.0823. The predicted molar refractivity (Wildman–Crippen MR) is 106 cm³/mol. The molecule has 6 nitrogen and oxygen atoms in total. The van der Waals surface area contributed by atoms with Crippen molar-refractivity contribution < 1.29 is 19.1 Å². The molecule has 0 aliphatic rings. The van der Waals surface area contributed by atoms with Gasteiger partial charge >= 0.3 is 0 Å². The monoisotopic (exact) mass is 388 g/mol. The van der Waals surface area contributed by atoms with Crippen LogP contribution in [0.25, 0.3) is 6.08 Å². The molecular formula is C20H21ClN2O4. The highest BCUT2D eigenvalue weighted by Crippen LogP contribution is 2.31. The van der Waals surface area contributed by atoms with Gasteiger partial charge in [0.2, 0.25) is 11.8 Å². The van der Waals surface area contributed by atoms with Crippen LogP contribution in [0.5, 0.6) is 11.5 Å². The number of hydrogen-bond acceptors (Lipinski definition) is 4. The molecule has 1 N–H and O–H groups in total. The molecule has 0 spiro atoms. The smallest absolute Gasteiger partial charge is 0.246 e. The molecule has 2 rings (SSSR count). The SMILES string of the molecule is COc1cccc(/C=C/C(=O)N(C)CC(=O)Nc2ccc(Cl)cc2)c1OC. The van der Waals surface area contributed by atoms with Gasteiger partial charge in [-0.2, -0.15) is 0 Å². The van der Waals surface area contributed by atoms with Gasteiger partial charge in [-0.1, -0.05) is 23.7 Å². The Kier molecular flexibility index (Phi) is 7.25. The summed E-state index contributed by atoms with van der Waals surface area (Å²) in [7, 11) is 4.63. The standard InChI is InChI=1S/C20H21ClN2O4/c1-23(13-18(24)22-16-10-8-15(21)9-11-16)19(25)12-7-14-5-4-6-17(26-2)20(14)27-3/h4-12H,13H2,1-3H3,(H,22,24)/b12-7+. The van der Waals surface area contributed by atoms with Crippen molar-refractivity contribution in [3.63, 3.8) is 0 Å². The molecule has 2 aromatic rings. The van der Waals surface area contributed by atoms with Gasteiger partial charge in [-0.3, -0.25) is 9.59 Å². The molecule has 0 aliphatic heterocycles. The molecule has 0 saturated carbocycles. The molecule has 0 aromatic heterocycles. The zero-order valence-electron chi connectivity index (χ0n) is 15.4. The molecule has 27 heavy (non-hydrogen) atoms. The number of hydrogen-bond donors (Lipinski definition) is 1. The van der Waals surface area contributed by atoms with E-state index in [2.05, 4.69) is 5.32 Å². The van der Waals surface area contributed by atoms with Gasteiger partial charge in [0.15, 0.2) is 11.5 Å². The van der Waals surface area contributed by atoms with Gasteiger partial charge in [-0.25, -0.2) is 0 Å². The third-order valence-electron chi connectivity index (χ3n) is 3.72. The predicted octanol–water partition coefficient (Wildman–Crippen LogP) is 3.47. The summed E-state index contributed by atoms with van der Waals surface area (Å²) in [6, 6.07) is 12.1. The fourth-order valence-electron chi connectivity index (χ4n) is 2.36. The Morgan fingerprint density at radius 1 is 1.11 bits per heavy atom. The number of methoxy groups -OCH3 is 2. The van der Waals surface area contributed by atoms with Gasteiger partial charge < -0.3 is 19.7 Å². The number of amides is 2. The Balaban J connectivity index is 1.98. The lowest BCUT2D eigenvalue weighted by molar-refractivity contribution is -0.129. The number of halogens is 1. The van der Waals surface area contributed by atoms with Crippen molar-refractivity contribution in [3.8, 4) is 11.5 Å². The number of anilines is 1. The van der Waals surface area contributed by atoms with Crippen LogP contribution in [0.15, 0.2) is 48.5 Å². The number of carbonyl (C=O) groups excluding carboxylic acids is 2. The molecule has 7 heteroatoms. The van der Waals surface area contributed by atoms with E-state index in [9.17, 15) is 9.59 Å². The van der Waals surface area contributed by atoms with Crippen LogP contribution in [0.3, 0.4) is 0 Å². The van der Waals surface area contributed by atoms with Crippen LogP contribution in [-0.4, -0.2) is 44.5 Å². The van der Waals surface area contributed by atoms with E-state index in [4.69, 9.17) is 21.1 Å². The van der Waals surface area contributed by atoms with Crippen LogP contribution in [0.1, 0.15) is 5.56 Å².